The molecule has 35 heavy (non-hydrogen) atoms. The maximum atomic E-state index is 14.8. The number of carbonyl (C=O) groups is 1. The van der Waals surface area contributed by atoms with Gasteiger partial charge in [0.15, 0.2) is 0 Å². The second-order valence-electron chi connectivity index (χ2n) is 9.41. The third-order valence-electron chi connectivity index (χ3n) is 7.08. The first-order valence-corrected chi connectivity index (χ1v) is 13.2. The molecular weight excluding hydrogens is 514 g/mol. The molecule has 188 valence electrons. The molecule has 1 aromatic heterocycles. The average molecular weight is 547 g/mol. The highest BCUT2D eigenvalue weighted by Crippen LogP contribution is 2.37. The largest absolute Gasteiger partial charge is 0.385 e. The lowest BCUT2D eigenvalue weighted by Gasteiger charge is -2.34. The molecule has 4 nitrogen and oxygen atoms in total. The van der Waals surface area contributed by atoms with Gasteiger partial charge in [-0.1, -0.05) is 28.1 Å². The summed E-state index contributed by atoms with van der Waals surface area (Å²) in [5.74, 6) is -0.173. The predicted octanol–water partition coefficient (Wildman–Crippen LogP) is 6.76. The van der Waals surface area contributed by atoms with Gasteiger partial charge < -0.3 is 14.2 Å². The average Bonchev–Trinajstić information content (AvgIpc) is 3.13. The van der Waals surface area contributed by atoms with Crippen molar-refractivity contribution in [3.05, 3.63) is 69.3 Å². The fraction of sp³-hybridized carbons (Fsp3) is 0.464. The van der Waals surface area contributed by atoms with Gasteiger partial charge in [-0.2, -0.15) is 0 Å². The number of methoxy groups -OCH3 is 1. The number of halogens is 3. The van der Waals surface area contributed by atoms with Crippen molar-refractivity contribution in [3.63, 3.8) is 0 Å². The van der Waals surface area contributed by atoms with E-state index in [1.807, 2.05) is 24.0 Å². The monoisotopic (exact) mass is 546 g/mol. The molecule has 1 fully saturated rings. The van der Waals surface area contributed by atoms with Crippen LogP contribution in [0.2, 0.25) is 0 Å². The summed E-state index contributed by atoms with van der Waals surface area (Å²) >= 11 is 3.28. The fourth-order valence-corrected chi connectivity index (χ4v) is 5.78. The van der Waals surface area contributed by atoms with Gasteiger partial charge >= 0.3 is 0 Å². The highest BCUT2D eigenvalue weighted by Gasteiger charge is 2.29. The zero-order valence-electron chi connectivity index (χ0n) is 20.5. The molecule has 4 rings (SSSR count). The summed E-state index contributed by atoms with van der Waals surface area (Å²) in [5, 5.41) is 0.680. The van der Waals surface area contributed by atoms with Crippen LogP contribution >= 0.6 is 15.9 Å². The van der Waals surface area contributed by atoms with Gasteiger partial charge in [0.25, 0.3) is 0 Å². The van der Waals surface area contributed by atoms with Crippen LogP contribution in [-0.4, -0.2) is 42.2 Å². The number of benzene rings is 2. The highest BCUT2D eigenvalue weighted by atomic mass is 79.9. The third kappa shape index (κ3) is 5.78. The first kappa shape index (κ1) is 25.8. The van der Waals surface area contributed by atoms with Crippen LogP contribution in [0, 0.1) is 18.6 Å². The van der Waals surface area contributed by atoms with Crippen LogP contribution in [-0.2, 0) is 22.5 Å². The number of aryl methyl sites for hydroxylation is 3. The number of ether oxygens (including phenoxy) is 1. The second-order valence-corrected chi connectivity index (χ2v) is 10.3. The van der Waals surface area contributed by atoms with Crippen molar-refractivity contribution in [2.45, 2.75) is 57.9 Å². The van der Waals surface area contributed by atoms with E-state index in [0.717, 1.165) is 49.1 Å². The number of hydrogen-bond donors (Lipinski definition) is 0. The number of carbonyl (C=O) groups excluding carboxylic acids is 1. The molecule has 3 aromatic rings. The molecule has 0 bridgehead atoms. The molecule has 1 atom stereocenters. The Bertz CT molecular complexity index is 1190. The minimum Gasteiger partial charge on any atom is -0.385 e. The van der Waals surface area contributed by atoms with E-state index in [4.69, 9.17) is 4.74 Å². The molecule has 7 heteroatoms. The number of nitrogens with zero attached hydrogens (tertiary/aromatic N) is 2. The lowest BCUT2D eigenvalue weighted by Crippen LogP contribution is -2.39. The Labute approximate surface area is 214 Å². The van der Waals surface area contributed by atoms with Gasteiger partial charge in [-0.05, 0) is 74.4 Å². The van der Waals surface area contributed by atoms with E-state index in [-0.39, 0.29) is 23.5 Å². The van der Waals surface area contributed by atoms with Crippen molar-refractivity contribution >= 4 is 32.7 Å². The Morgan fingerprint density at radius 3 is 2.77 bits per heavy atom. The zero-order chi connectivity index (χ0) is 24.9. The molecule has 1 unspecified atom stereocenters. The molecule has 1 saturated heterocycles. The highest BCUT2D eigenvalue weighted by molar-refractivity contribution is 9.10. The Morgan fingerprint density at radius 1 is 1.17 bits per heavy atom. The van der Waals surface area contributed by atoms with E-state index in [2.05, 4.69) is 20.5 Å². The summed E-state index contributed by atoms with van der Waals surface area (Å²) in [5.41, 5.74) is 3.65. The van der Waals surface area contributed by atoms with E-state index in [9.17, 15) is 13.6 Å². The summed E-state index contributed by atoms with van der Waals surface area (Å²) in [6, 6.07) is 10.3. The summed E-state index contributed by atoms with van der Waals surface area (Å²) in [7, 11) is 1.69. The van der Waals surface area contributed by atoms with Crippen molar-refractivity contribution in [2.24, 2.45) is 0 Å². The molecule has 1 aliphatic rings. The lowest BCUT2D eigenvalue weighted by molar-refractivity contribution is -0.132. The third-order valence-corrected chi connectivity index (χ3v) is 7.57. The maximum absolute atomic E-state index is 14.8. The van der Waals surface area contributed by atoms with Gasteiger partial charge in [0.2, 0.25) is 5.91 Å². The lowest BCUT2D eigenvalue weighted by atomic mass is 9.91. The topological polar surface area (TPSA) is 34.5 Å². The quantitative estimate of drug-likeness (QED) is 0.278. The Morgan fingerprint density at radius 2 is 2.00 bits per heavy atom. The number of hydrogen-bond acceptors (Lipinski definition) is 2. The van der Waals surface area contributed by atoms with Gasteiger partial charge in [0.05, 0.1) is 5.52 Å². The van der Waals surface area contributed by atoms with Crippen LogP contribution in [0.3, 0.4) is 0 Å². The Hall–Kier alpha value is -2.25. The zero-order valence-corrected chi connectivity index (χ0v) is 22.0. The number of amides is 1. The summed E-state index contributed by atoms with van der Waals surface area (Å²) in [6.45, 7) is 4.76. The standard InChI is InChI=1S/C28H33BrF2N2O2/c1-19-27-23(30)9-4-10-25(27)33(15-6-16-35-2)28(19)21-8-5-14-32(18-21)26(34)11-3-7-20-12-13-22(29)17-24(20)31/h4,9-10,12-13,17,21H,3,5-8,11,14-16,18H2,1-2H3. The summed E-state index contributed by atoms with van der Waals surface area (Å²) < 4.78 is 37.1. The van der Waals surface area contributed by atoms with Crippen LogP contribution in [0.5, 0.6) is 0 Å². The van der Waals surface area contributed by atoms with Gasteiger partial charge in [-0.3, -0.25) is 4.79 Å². The van der Waals surface area contributed by atoms with E-state index in [1.54, 1.807) is 19.2 Å². The van der Waals surface area contributed by atoms with Gasteiger partial charge in [-0.25, -0.2) is 8.78 Å². The summed E-state index contributed by atoms with van der Waals surface area (Å²) in [6.07, 6.45) is 4.27. The Kier molecular flexibility index (Phi) is 8.60. The van der Waals surface area contributed by atoms with Gasteiger partial charge in [-0.15, -0.1) is 0 Å². The molecule has 1 aliphatic heterocycles. The van der Waals surface area contributed by atoms with E-state index < -0.39 is 0 Å². The first-order valence-electron chi connectivity index (χ1n) is 12.4. The number of fused-ring (bicyclic) bond motifs is 1. The predicted molar refractivity (Wildman–Crippen MR) is 139 cm³/mol. The van der Waals surface area contributed by atoms with Crippen molar-refractivity contribution in [1.29, 1.82) is 0 Å². The molecule has 0 saturated carbocycles. The van der Waals surface area contributed by atoms with Crippen molar-refractivity contribution in [3.8, 4) is 0 Å². The van der Waals surface area contributed by atoms with E-state index >= 15 is 0 Å². The number of piperidine rings is 1. The number of likely N-dealkylation sites (tertiary alicyclic amines) is 1. The van der Waals surface area contributed by atoms with Crippen LogP contribution in [0.15, 0.2) is 40.9 Å². The molecule has 2 aromatic carbocycles. The summed E-state index contributed by atoms with van der Waals surface area (Å²) in [4.78, 5) is 15.0. The minimum absolute atomic E-state index is 0.109. The molecule has 0 N–H and O–H groups in total. The molecule has 0 radical (unpaired) electrons. The van der Waals surface area contributed by atoms with Crippen LogP contribution in [0.1, 0.15) is 54.8 Å². The van der Waals surface area contributed by atoms with Crippen molar-refractivity contribution < 1.29 is 18.3 Å². The minimum atomic E-state index is -0.242. The number of rotatable bonds is 9. The number of aromatic nitrogens is 1. The smallest absolute Gasteiger partial charge is 0.222 e. The van der Waals surface area contributed by atoms with Gasteiger partial charge in [0.1, 0.15) is 11.6 Å². The van der Waals surface area contributed by atoms with Crippen LogP contribution < -0.4 is 0 Å². The Balaban J connectivity index is 1.48. The van der Waals surface area contributed by atoms with E-state index in [0.29, 0.717) is 47.8 Å². The second kappa shape index (κ2) is 11.7. The van der Waals surface area contributed by atoms with Crippen LogP contribution in [0.25, 0.3) is 10.9 Å². The SMILES string of the molecule is COCCCn1c(C2CCCN(C(=O)CCCc3ccc(Br)cc3F)C2)c(C)c2c(F)cccc21. The molecule has 1 amide bonds. The maximum Gasteiger partial charge on any atom is 0.222 e. The van der Waals surface area contributed by atoms with Gasteiger partial charge in [0, 0.05) is 61.2 Å². The molecule has 0 spiro atoms. The van der Waals surface area contributed by atoms with Crippen molar-refractivity contribution in [1.82, 2.24) is 9.47 Å². The molecular formula is C28H33BrF2N2O2. The molecule has 2 heterocycles. The molecule has 0 aliphatic carbocycles. The fourth-order valence-electron chi connectivity index (χ4n) is 5.44. The van der Waals surface area contributed by atoms with E-state index in [1.165, 1.54) is 12.1 Å². The normalized spacial score (nSPS) is 16.3. The van der Waals surface area contributed by atoms with Crippen LogP contribution in [0.4, 0.5) is 8.78 Å². The van der Waals surface area contributed by atoms with Crippen molar-refractivity contribution in [2.75, 3.05) is 26.8 Å². The first-order chi connectivity index (χ1) is 16.9.